The zero-order valence-electron chi connectivity index (χ0n) is 12.5. The Bertz CT molecular complexity index is 871. The van der Waals surface area contributed by atoms with Crippen molar-refractivity contribution in [2.45, 2.75) is 6.92 Å². The van der Waals surface area contributed by atoms with Crippen molar-refractivity contribution in [3.8, 4) is 11.3 Å². The molecule has 5 heteroatoms. The van der Waals surface area contributed by atoms with E-state index >= 15 is 0 Å². The minimum atomic E-state index is -0.332. The summed E-state index contributed by atoms with van der Waals surface area (Å²) in [6.07, 6.45) is 0. The molecule has 3 N–H and O–H groups in total. The number of benzene rings is 2. The molecule has 116 valence electrons. The van der Waals surface area contributed by atoms with E-state index in [4.69, 9.17) is 10.2 Å². The molecule has 2 aromatic carbocycles. The third kappa shape index (κ3) is 3.46. The van der Waals surface area contributed by atoms with Gasteiger partial charge in [0.25, 0.3) is 5.91 Å². The monoisotopic (exact) mass is 370 g/mol. The van der Waals surface area contributed by atoms with Gasteiger partial charge in [0, 0.05) is 10.0 Å². The lowest BCUT2D eigenvalue weighted by Gasteiger charge is -2.07. The molecule has 0 aliphatic heterocycles. The van der Waals surface area contributed by atoms with Crippen LogP contribution in [0.3, 0.4) is 0 Å². The van der Waals surface area contributed by atoms with Crippen LogP contribution < -0.4 is 11.1 Å². The van der Waals surface area contributed by atoms with Gasteiger partial charge in [0.05, 0.1) is 11.4 Å². The average Bonchev–Trinajstić information content (AvgIpc) is 3.00. The quantitative estimate of drug-likeness (QED) is 0.647. The molecule has 1 amide bonds. The molecule has 0 aliphatic rings. The summed E-state index contributed by atoms with van der Waals surface area (Å²) in [6.45, 7) is 1.94. The van der Waals surface area contributed by atoms with Crippen LogP contribution in [0.5, 0.6) is 0 Å². The zero-order chi connectivity index (χ0) is 16.4. The van der Waals surface area contributed by atoms with Gasteiger partial charge in [-0.15, -0.1) is 0 Å². The molecule has 0 spiro atoms. The molecule has 4 nitrogen and oxygen atoms in total. The fourth-order valence-electron chi connectivity index (χ4n) is 2.24. The van der Waals surface area contributed by atoms with Gasteiger partial charge in [0.15, 0.2) is 5.76 Å². The number of rotatable bonds is 3. The van der Waals surface area contributed by atoms with E-state index in [0.717, 1.165) is 15.6 Å². The third-order valence-electron chi connectivity index (χ3n) is 3.39. The first-order chi connectivity index (χ1) is 11.0. The number of nitrogen functional groups attached to an aromatic ring is 1. The second-order valence-corrected chi connectivity index (χ2v) is 6.13. The topological polar surface area (TPSA) is 68.3 Å². The second-order valence-electron chi connectivity index (χ2n) is 5.22. The normalized spacial score (nSPS) is 10.5. The number of nitrogens with one attached hydrogen (secondary N) is 1. The van der Waals surface area contributed by atoms with E-state index in [9.17, 15) is 4.79 Å². The Hall–Kier alpha value is -2.53. The molecule has 3 rings (SSSR count). The molecule has 0 radical (unpaired) electrons. The first-order valence-corrected chi connectivity index (χ1v) is 7.85. The fourth-order valence-corrected chi connectivity index (χ4v) is 2.64. The van der Waals surface area contributed by atoms with Crippen LogP contribution in [0.15, 0.2) is 63.5 Å². The molecule has 0 saturated carbocycles. The summed E-state index contributed by atoms with van der Waals surface area (Å²) in [6, 6.07) is 16.6. The van der Waals surface area contributed by atoms with Crippen molar-refractivity contribution in [3.05, 3.63) is 70.4 Å². The van der Waals surface area contributed by atoms with Gasteiger partial charge in [-0.2, -0.15) is 0 Å². The van der Waals surface area contributed by atoms with Crippen molar-refractivity contribution < 1.29 is 9.21 Å². The summed E-state index contributed by atoms with van der Waals surface area (Å²) in [7, 11) is 0. The van der Waals surface area contributed by atoms with E-state index in [0.29, 0.717) is 17.1 Å². The summed E-state index contributed by atoms with van der Waals surface area (Å²) in [4.78, 5) is 12.3. The molecule has 1 heterocycles. The van der Waals surface area contributed by atoms with Gasteiger partial charge in [0.2, 0.25) is 0 Å². The SMILES string of the molecule is Cc1ccc(NC(=O)c2ccc(-c3cccc(Br)c3)o2)c(N)c1. The molecule has 0 unspecified atom stereocenters. The molecular formula is C18H15BrN2O2. The first-order valence-electron chi connectivity index (χ1n) is 7.06. The van der Waals surface area contributed by atoms with E-state index in [2.05, 4.69) is 21.2 Å². The van der Waals surface area contributed by atoms with Gasteiger partial charge in [-0.3, -0.25) is 4.79 Å². The Labute approximate surface area is 142 Å². The highest BCUT2D eigenvalue weighted by atomic mass is 79.9. The number of carbonyl (C=O) groups is 1. The summed E-state index contributed by atoms with van der Waals surface area (Å²) in [5.74, 6) is 0.537. The lowest BCUT2D eigenvalue weighted by Crippen LogP contribution is -2.12. The number of halogens is 1. The Morgan fingerprint density at radius 1 is 1.13 bits per heavy atom. The number of furan rings is 1. The van der Waals surface area contributed by atoms with E-state index in [-0.39, 0.29) is 11.7 Å². The molecule has 0 atom stereocenters. The maximum absolute atomic E-state index is 12.3. The minimum absolute atomic E-state index is 0.236. The van der Waals surface area contributed by atoms with Crippen LogP contribution in [-0.4, -0.2) is 5.91 Å². The van der Waals surface area contributed by atoms with Crippen molar-refractivity contribution in [3.63, 3.8) is 0 Å². The molecule has 0 aliphatic carbocycles. The highest BCUT2D eigenvalue weighted by Gasteiger charge is 2.13. The molecule has 0 saturated heterocycles. The summed E-state index contributed by atoms with van der Waals surface area (Å²) in [5, 5.41) is 2.76. The summed E-state index contributed by atoms with van der Waals surface area (Å²) >= 11 is 3.42. The average molecular weight is 371 g/mol. The maximum Gasteiger partial charge on any atom is 0.291 e. The van der Waals surface area contributed by atoms with Crippen molar-refractivity contribution in [1.29, 1.82) is 0 Å². The van der Waals surface area contributed by atoms with Crippen LogP contribution >= 0.6 is 15.9 Å². The first kappa shape index (κ1) is 15.4. The molecule has 0 bridgehead atoms. The standard InChI is InChI=1S/C18H15BrN2O2/c1-11-5-6-15(14(20)9-11)21-18(22)17-8-7-16(23-17)12-3-2-4-13(19)10-12/h2-10H,20H2,1H3,(H,21,22). The van der Waals surface area contributed by atoms with Crippen LogP contribution in [-0.2, 0) is 0 Å². The third-order valence-corrected chi connectivity index (χ3v) is 3.89. The van der Waals surface area contributed by atoms with E-state index in [1.165, 1.54) is 0 Å². The van der Waals surface area contributed by atoms with Gasteiger partial charge >= 0.3 is 0 Å². The van der Waals surface area contributed by atoms with Crippen molar-refractivity contribution >= 4 is 33.2 Å². The Morgan fingerprint density at radius 2 is 1.96 bits per heavy atom. The maximum atomic E-state index is 12.3. The van der Waals surface area contributed by atoms with Crippen molar-refractivity contribution in [2.24, 2.45) is 0 Å². The van der Waals surface area contributed by atoms with E-state index in [1.54, 1.807) is 18.2 Å². The molecule has 3 aromatic rings. The number of aryl methyl sites for hydroxylation is 1. The lowest BCUT2D eigenvalue weighted by atomic mass is 10.2. The summed E-state index contributed by atoms with van der Waals surface area (Å²) in [5.41, 5.74) is 8.94. The largest absolute Gasteiger partial charge is 0.451 e. The van der Waals surface area contributed by atoms with Gasteiger partial charge in [-0.1, -0.05) is 34.1 Å². The smallest absolute Gasteiger partial charge is 0.291 e. The van der Waals surface area contributed by atoms with Crippen molar-refractivity contribution in [1.82, 2.24) is 0 Å². The number of hydrogen-bond acceptors (Lipinski definition) is 3. The van der Waals surface area contributed by atoms with Crippen LogP contribution in [0.4, 0.5) is 11.4 Å². The van der Waals surface area contributed by atoms with Gasteiger partial charge < -0.3 is 15.5 Å². The van der Waals surface area contributed by atoms with Crippen LogP contribution in [0.25, 0.3) is 11.3 Å². The molecule has 1 aromatic heterocycles. The Kier molecular flexibility index (Phi) is 4.21. The van der Waals surface area contributed by atoms with Gasteiger partial charge in [0.1, 0.15) is 5.76 Å². The number of amides is 1. The zero-order valence-corrected chi connectivity index (χ0v) is 14.1. The predicted octanol–water partition coefficient (Wildman–Crippen LogP) is 4.85. The Morgan fingerprint density at radius 3 is 2.70 bits per heavy atom. The number of carbonyl (C=O) groups excluding carboxylic acids is 1. The lowest BCUT2D eigenvalue weighted by molar-refractivity contribution is 0.0997. The molecule has 23 heavy (non-hydrogen) atoms. The van der Waals surface area contributed by atoms with Crippen LogP contribution in [0.2, 0.25) is 0 Å². The van der Waals surface area contributed by atoms with E-state index < -0.39 is 0 Å². The second kappa shape index (κ2) is 6.30. The number of hydrogen-bond donors (Lipinski definition) is 2. The van der Waals surface area contributed by atoms with E-state index in [1.807, 2.05) is 43.3 Å². The fraction of sp³-hybridized carbons (Fsp3) is 0.0556. The predicted molar refractivity (Wildman–Crippen MR) is 95.4 cm³/mol. The highest BCUT2D eigenvalue weighted by molar-refractivity contribution is 9.10. The highest BCUT2D eigenvalue weighted by Crippen LogP contribution is 2.26. The van der Waals surface area contributed by atoms with Crippen LogP contribution in [0, 0.1) is 6.92 Å². The Balaban J connectivity index is 1.81. The summed E-state index contributed by atoms with van der Waals surface area (Å²) < 4.78 is 6.60. The van der Waals surface area contributed by atoms with Crippen molar-refractivity contribution in [2.75, 3.05) is 11.1 Å². The molecule has 0 fully saturated rings. The van der Waals surface area contributed by atoms with Gasteiger partial charge in [-0.25, -0.2) is 0 Å². The molecular weight excluding hydrogens is 356 g/mol. The number of anilines is 2. The minimum Gasteiger partial charge on any atom is -0.451 e. The van der Waals surface area contributed by atoms with Crippen LogP contribution in [0.1, 0.15) is 16.1 Å². The number of nitrogens with two attached hydrogens (primary N) is 1. The van der Waals surface area contributed by atoms with Gasteiger partial charge in [-0.05, 0) is 48.9 Å².